The van der Waals surface area contributed by atoms with Gasteiger partial charge in [0.1, 0.15) is 0 Å². The van der Waals surface area contributed by atoms with Crippen molar-refractivity contribution in [2.45, 2.75) is 38.8 Å². The molecule has 3 fully saturated rings. The molecule has 2 atom stereocenters. The summed E-state index contributed by atoms with van der Waals surface area (Å²) < 4.78 is 0. The summed E-state index contributed by atoms with van der Waals surface area (Å²) >= 11 is 3.11. The quantitative estimate of drug-likeness (QED) is 0.820. The van der Waals surface area contributed by atoms with Gasteiger partial charge in [0.2, 0.25) is 11.8 Å². The summed E-state index contributed by atoms with van der Waals surface area (Å²) in [5, 5.41) is 4.90. The Morgan fingerprint density at radius 2 is 2.16 bits per heavy atom. The average Bonchev–Trinajstić information content (AvgIpc) is 3.15. The van der Waals surface area contributed by atoms with Crippen molar-refractivity contribution in [2.24, 2.45) is 5.92 Å². The number of hydrogen-bond acceptors (Lipinski definition) is 6. The average molecular weight is 377 g/mol. The van der Waals surface area contributed by atoms with Crippen molar-refractivity contribution < 1.29 is 9.59 Å². The fraction of sp³-hybridized carbons (Fsp3) is 0.529. The van der Waals surface area contributed by atoms with Gasteiger partial charge in [0.25, 0.3) is 0 Å². The second-order valence-electron chi connectivity index (χ2n) is 6.71. The summed E-state index contributed by atoms with van der Waals surface area (Å²) in [6.45, 7) is 3.65. The Kier molecular flexibility index (Phi) is 4.56. The van der Waals surface area contributed by atoms with Crippen LogP contribution in [-0.2, 0) is 22.6 Å². The first kappa shape index (κ1) is 16.7. The van der Waals surface area contributed by atoms with Gasteiger partial charge in [-0.15, -0.1) is 22.7 Å². The van der Waals surface area contributed by atoms with E-state index in [0.717, 1.165) is 29.2 Å². The van der Waals surface area contributed by atoms with Gasteiger partial charge in [0.15, 0.2) is 0 Å². The maximum Gasteiger partial charge on any atom is 0.228 e. The largest absolute Gasteiger partial charge is 0.339 e. The number of hydrogen-bond donors (Lipinski definition) is 0. The smallest absolute Gasteiger partial charge is 0.228 e. The van der Waals surface area contributed by atoms with Gasteiger partial charge in [-0.25, -0.2) is 9.97 Å². The third kappa shape index (κ3) is 3.46. The monoisotopic (exact) mass is 376 g/mol. The predicted molar refractivity (Wildman–Crippen MR) is 96.3 cm³/mol. The molecule has 3 aliphatic rings. The maximum atomic E-state index is 12.8. The molecule has 25 heavy (non-hydrogen) atoms. The van der Waals surface area contributed by atoms with Crippen LogP contribution in [0.5, 0.6) is 0 Å². The number of aromatic nitrogens is 2. The molecule has 2 aromatic heterocycles. The first-order valence-corrected chi connectivity index (χ1v) is 10.3. The second-order valence-corrected chi connectivity index (χ2v) is 8.49. The van der Waals surface area contributed by atoms with Crippen LogP contribution in [0, 0.1) is 12.8 Å². The van der Waals surface area contributed by atoms with Gasteiger partial charge in [-0.05, 0) is 19.8 Å². The van der Waals surface area contributed by atoms with Gasteiger partial charge in [0.05, 0.1) is 40.8 Å². The third-order valence-electron chi connectivity index (χ3n) is 4.96. The topological polar surface area (TPSA) is 66.4 Å². The summed E-state index contributed by atoms with van der Waals surface area (Å²) in [6.07, 6.45) is 2.15. The van der Waals surface area contributed by atoms with Gasteiger partial charge in [-0.2, -0.15) is 0 Å². The molecule has 3 aliphatic heterocycles. The lowest BCUT2D eigenvalue weighted by molar-refractivity contribution is -0.140. The molecule has 0 aromatic carbocycles. The van der Waals surface area contributed by atoms with E-state index in [0.29, 0.717) is 26.1 Å². The highest BCUT2D eigenvalue weighted by Crippen LogP contribution is 2.30. The zero-order chi connectivity index (χ0) is 17.4. The SMILES string of the molecule is Cc1nc(CC(=O)N2C[C@@H]3CC[C@H](C2)N(Cc2cscn2)C3=O)cs1. The molecule has 0 N–H and O–H groups in total. The minimum atomic E-state index is -0.0847. The molecule has 0 saturated carbocycles. The van der Waals surface area contributed by atoms with E-state index in [4.69, 9.17) is 0 Å². The lowest BCUT2D eigenvalue weighted by atomic mass is 9.94. The van der Waals surface area contributed by atoms with E-state index < -0.39 is 0 Å². The van der Waals surface area contributed by atoms with E-state index in [2.05, 4.69) is 9.97 Å². The number of aryl methyl sites for hydroxylation is 1. The molecule has 3 saturated heterocycles. The Morgan fingerprint density at radius 3 is 2.88 bits per heavy atom. The van der Waals surface area contributed by atoms with Gasteiger partial charge >= 0.3 is 0 Å². The zero-order valence-corrected chi connectivity index (χ0v) is 15.7. The Hall–Kier alpha value is -1.80. The molecule has 6 nitrogen and oxygen atoms in total. The first-order chi connectivity index (χ1) is 12.1. The standard InChI is InChI=1S/C17H20N4O2S2/c1-11-19-13(9-25-11)4-16(22)20-5-12-2-3-15(7-20)21(17(12)23)6-14-8-24-10-18-14/h8-10,12,15H,2-7H2,1H3/t12-,15+/m0/s1. The predicted octanol–water partition coefficient (Wildman–Crippen LogP) is 2.10. The molecule has 2 amide bonds. The van der Waals surface area contributed by atoms with Crippen LogP contribution in [-0.4, -0.2) is 50.7 Å². The molecule has 5 rings (SSSR count). The Labute approximate surface area is 154 Å². The van der Waals surface area contributed by atoms with Crippen LogP contribution in [0.4, 0.5) is 0 Å². The molecule has 0 unspecified atom stereocenters. The van der Waals surface area contributed by atoms with Crippen molar-refractivity contribution >= 4 is 34.5 Å². The van der Waals surface area contributed by atoms with Crippen LogP contribution >= 0.6 is 22.7 Å². The van der Waals surface area contributed by atoms with Crippen LogP contribution < -0.4 is 0 Å². The summed E-state index contributed by atoms with van der Waals surface area (Å²) in [5.41, 5.74) is 3.55. The normalized spacial score (nSPS) is 23.2. The van der Waals surface area contributed by atoms with Crippen LogP contribution in [0.15, 0.2) is 16.3 Å². The van der Waals surface area contributed by atoms with E-state index in [1.807, 2.05) is 27.5 Å². The molecule has 0 aliphatic carbocycles. The van der Waals surface area contributed by atoms with E-state index in [1.54, 1.807) is 28.2 Å². The molecule has 0 radical (unpaired) electrons. The van der Waals surface area contributed by atoms with E-state index in [9.17, 15) is 9.59 Å². The third-order valence-corrected chi connectivity index (χ3v) is 6.42. The van der Waals surface area contributed by atoms with Gasteiger partial charge < -0.3 is 9.80 Å². The number of piperidine rings is 1. The lowest BCUT2D eigenvalue weighted by Crippen LogP contribution is -2.47. The van der Waals surface area contributed by atoms with Crippen LogP contribution in [0.25, 0.3) is 0 Å². The molecular formula is C17H20N4O2S2. The van der Waals surface area contributed by atoms with Gasteiger partial charge in [-0.1, -0.05) is 0 Å². The molecule has 5 heterocycles. The summed E-state index contributed by atoms with van der Waals surface area (Å²) in [6, 6.07) is 0.0917. The number of amides is 2. The highest BCUT2D eigenvalue weighted by Gasteiger charge is 2.41. The van der Waals surface area contributed by atoms with Crippen molar-refractivity contribution in [3.8, 4) is 0 Å². The summed E-state index contributed by atoms with van der Waals surface area (Å²) in [5.74, 6) is 0.160. The molecule has 2 bridgehead atoms. The van der Waals surface area contributed by atoms with E-state index in [1.165, 1.54) is 0 Å². The Morgan fingerprint density at radius 1 is 1.28 bits per heavy atom. The molecular weight excluding hydrogens is 356 g/mol. The number of fused-ring (bicyclic) bond motifs is 4. The maximum absolute atomic E-state index is 12.8. The lowest BCUT2D eigenvalue weighted by Gasteiger charge is -2.35. The molecule has 0 spiro atoms. The number of carbonyl (C=O) groups excluding carboxylic acids is 2. The summed E-state index contributed by atoms with van der Waals surface area (Å²) in [4.78, 5) is 38.0. The second kappa shape index (κ2) is 6.84. The molecule has 2 aromatic rings. The Bertz CT molecular complexity index is 773. The van der Waals surface area contributed by atoms with E-state index in [-0.39, 0.29) is 23.8 Å². The zero-order valence-electron chi connectivity index (χ0n) is 14.1. The first-order valence-electron chi connectivity index (χ1n) is 8.46. The number of rotatable bonds is 4. The van der Waals surface area contributed by atoms with Crippen molar-refractivity contribution in [1.82, 2.24) is 19.8 Å². The van der Waals surface area contributed by atoms with Crippen LogP contribution in [0.2, 0.25) is 0 Å². The van der Waals surface area contributed by atoms with Crippen LogP contribution in [0.3, 0.4) is 0 Å². The fourth-order valence-electron chi connectivity index (χ4n) is 3.70. The number of nitrogens with zero attached hydrogens (tertiary/aromatic N) is 4. The molecule has 132 valence electrons. The highest BCUT2D eigenvalue weighted by molar-refractivity contribution is 7.09. The van der Waals surface area contributed by atoms with Gasteiger partial charge in [0, 0.05) is 29.9 Å². The fourth-order valence-corrected chi connectivity index (χ4v) is 4.86. The van der Waals surface area contributed by atoms with Crippen molar-refractivity contribution in [2.75, 3.05) is 13.1 Å². The van der Waals surface area contributed by atoms with E-state index >= 15 is 0 Å². The minimum Gasteiger partial charge on any atom is -0.339 e. The summed E-state index contributed by atoms with van der Waals surface area (Å²) in [7, 11) is 0. The minimum absolute atomic E-state index is 0.0745. The number of thiazole rings is 2. The van der Waals surface area contributed by atoms with Crippen molar-refractivity contribution in [1.29, 1.82) is 0 Å². The highest BCUT2D eigenvalue weighted by atomic mass is 32.1. The van der Waals surface area contributed by atoms with Crippen molar-refractivity contribution in [3.05, 3.63) is 32.7 Å². The van der Waals surface area contributed by atoms with Crippen LogP contribution in [0.1, 0.15) is 29.2 Å². The van der Waals surface area contributed by atoms with Gasteiger partial charge in [-0.3, -0.25) is 9.59 Å². The number of carbonyl (C=O) groups is 2. The molecule has 8 heteroatoms. The van der Waals surface area contributed by atoms with Crippen molar-refractivity contribution in [3.63, 3.8) is 0 Å². The Balaban J connectivity index is 1.48.